The van der Waals surface area contributed by atoms with Crippen LogP contribution in [0.15, 0.2) is 12.1 Å². The fraction of sp³-hybridized carbons (Fsp3) is 0.571. The Hall–Kier alpha value is -1.42. The van der Waals surface area contributed by atoms with Crippen LogP contribution in [-0.2, 0) is 12.8 Å². The number of aromatic nitrogens is 3. The summed E-state index contributed by atoms with van der Waals surface area (Å²) >= 11 is 0. The third-order valence-corrected chi connectivity index (χ3v) is 3.38. The third kappa shape index (κ3) is 2.88. The second-order valence-corrected chi connectivity index (χ2v) is 4.74. The number of hydrogen-bond acceptors (Lipinski definition) is 3. The van der Waals surface area contributed by atoms with Crippen LogP contribution < -0.4 is 5.73 Å². The molecule has 0 amide bonds. The Balaban J connectivity index is 2.17. The Morgan fingerprint density at radius 2 is 2.00 bits per heavy atom. The van der Waals surface area contributed by atoms with Gasteiger partial charge >= 0.3 is 0 Å². The average Bonchev–Trinajstić information content (AvgIpc) is 2.85. The van der Waals surface area contributed by atoms with Gasteiger partial charge in [-0.2, -0.15) is 15.4 Å². The van der Waals surface area contributed by atoms with Gasteiger partial charge in [-0.3, -0.25) is 0 Å². The number of aromatic amines is 1. The van der Waals surface area contributed by atoms with E-state index in [4.69, 9.17) is 5.73 Å². The largest absolute Gasteiger partial charge is 0.330 e. The monoisotopic (exact) mass is 246 g/mol. The van der Waals surface area contributed by atoms with Gasteiger partial charge in [0.15, 0.2) is 0 Å². The van der Waals surface area contributed by atoms with Crippen LogP contribution in [0.2, 0.25) is 0 Å². The van der Waals surface area contributed by atoms with Crippen LogP contribution in [0, 0.1) is 0 Å². The number of aryl methyl sites for hydroxylation is 1. The highest BCUT2D eigenvalue weighted by molar-refractivity contribution is 5.78. The summed E-state index contributed by atoms with van der Waals surface area (Å²) in [4.78, 5) is 0. The smallest absolute Gasteiger partial charge is 0.116 e. The van der Waals surface area contributed by atoms with Gasteiger partial charge in [0.2, 0.25) is 0 Å². The first-order chi connectivity index (χ1) is 8.86. The van der Waals surface area contributed by atoms with Crippen LogP contribution in [0.25, 0.3) is 11.0 Å². The number of nitrogens with two attached hydrogens (primary N) is 1. The summed E-state index contributed by atoms with van der Waals surface area (Å²) < 4.78 is 0. The Morgan fingerprint density at radius 1 is 1.11 bits per heavy atom. The molecule has 18 heavy (non-hydrogen) atoms. The van der Waals surface area contributed by atoms with Crippen molar-refractivity contribution in [2.45, 2.75) is 45.4 Å². The van der Waals surface area contributed by atoms with Gasteiger partial charge in [-0.25, -0.2) is 0 Å². The topological polar surface area (TPSA) is 67.6 Å². The molecular formula is C14H22N4. The molecular weight excluding hydrogens is 224 g/mol. The quantitative estimate of drug-likeness (QED) is 0.738. The van der Waals surface area contributed by atoms with Gasteiger partial charge in [-0.15, -0.1) is 0 Å². The minimum absolute atomic E-state index is 0.661. The van der Waals surface area contributed by atoms with Crippen LogP contribution in [0.3, 0.4) is 0 Å². The second-order valence-electron chi connectivity index (χ2n) is 4.74. The number of nitrogens with one attached hydrogen (secondary N) is 1. The van der Waals surface area contributed by atoms with Gasteiger partial charge in [-0.05, 0) is 43.0 Å². The number of rotatable bonds is 7. The van der Waals surface area contributed by atoms with Gasteiger partial charge < -0.3 is 5.73 Å². The molecule has 1 heterocycles. The lowest BCUT2D eigenvalue weighted by Crippen LogP contribution is -2.06. The summed E-state index contributed by atoms with van der Waals surface area (Å²) in [7, 11) is 0. The van der Waals surface area contributed by atoms with Gasteiger partial charge in [0.1, 0.15) is 11.0 Å². The van der Waals surface area contributed by atoms with Crippen LogP contribution in [0.1, 0.15) is 43.7 Å². The fourth-order valence-electron chi connectivity index (χ4n) is 2.41. The molecule has 0 saturated heterocycles. The lowest BCUT2D eigenvalue weighted by Gasteiger charge is -2.09. The molecule has 0 aliphatic rings. The summed E-state index contributed by atoms with van der Waals surface area (Å²) in [5, 5.41) is 11.1. The highest BCUT2D eigenvalue weighted by atomic mass is 15.3. The van der Waals surface area contributed by atoms with Crippen molar-refractivity contribution in [2.24, 2.45) is 5.73 Å². The molecule has 0 bridgehead atoms. The van der Waals surface area contributed by atoms with Crippen LogP contribution in [0.4, 0.5) is 0 Å². The standard InChI is InChI=1S/C14H22N4/c1-2-3-4-5-6-11-7-8-13-14(17-18-16-13)12(11)9-10-15/h7-8H,2-6,9-10,15H2,1H3,(H,16,17,18). The van der Waals surface area contributed by atoms with Crippen molar-refractivity contribution in [3.63, 3.8) is 0 Å². The molecule has 4 nitrogen and oxygen atoms in total. The van der Waals surface area contributed by atoms with E-state index in [-0.39, 0.29) is 0 Å². The van der Waals surface area contributed by atoms with Gasteiger partial charge in [0.05, 0.1) is 0 Å². The maximum absolute atomic E-state index is 5.71. The van der Waals surface area contributed by atoms with Gasteiger partial charge in [0, 0.05) is 0 Å². The van der Waals surface area contributed by atoms with Crippen molar-refractivity contribution in [1.82, 2.24) is 15.4 Å². The minimum Gasteiger partial charge on any atom is -0.330 e. The van der Waals surface area contributed by atoms with E-state index in [0.717, 1.165) is 23.9 Å². The molecule has 0 spiro atoms. The van der Waals surface area contributed by atoms with E-state index in [2.05, 4.69) is 28.4 Å². The normalized spacial score (nSPS) is 11.2. The van der Waals surface area contributed by atoms with Crippen molar-refractivity contribution < 1.29 is 0 Å². The lowest BCUT2D eigenvalue weighted by atomic mass is 9.97. The summed E-state index contributed by atoms with van der Waals surface area (Å²) in [6.07, 6.45) is 7.14. The van der Waals surface area contributed by atoms with Gasteiger partial charge in [-0.1, -0.05) is 32.3 Å². The maximum Gasteiger partial charge on any atom is 0.116 e. The molecule has 0 aliphatic carbocycles. The Bertz CT molecular complexity index is 489. The van der Waals surface area contributed by atoms with Crippen molar-refractivity contribution >= 4 is 11.0 Å². The molecule has 0 atom stereocenters. The van der Waals surface area contributed by atoms with E-state index in [1.165, 1.54) is 36.8 Å². The van der Waals surface area contributed by atoms with E-state index >= 15 is 0 Å². The summed E-state index contributed by atoms with van der Waals surface area (Å²) in [5.74, 6) is 0. The van der Waals surface area contributed by atoms with Crippen LogP contribution in [0.5, 0.6) is 0 Å². The summed E-state index contributed by atoms with van der Waals surface area (Å²) in [5.41, 5.74) is 10.3. The predicted octanol–water partition coefficient (Wildman–Crippen LogP) is 2.58. The number of H-pyrrole nitrogens is 1. The first-order valence-electron chi connectivity index (χ1n) is 6.88. The van der Waals surface area contributed by atoms with E-state index < -0.39 is 0 Å². The van der Waals surface area contributed by atoms with E-state index in [9.17, 15) is 0 Å². The summed E-state index contributed by atoms with van der Waals surface area (Å²) in [6.45, 7) is 2.90. The van der Waals surface area contributed by atoms with Crippen molar-refractivity contribution in [1.29, 1.82) is 0 Å². The second kappa shape index (κ2) is 6.50. The van der Waals surface area contributed by atoms with E-state index in [1.807, 2.05) is 6.07 Å². The number of fused-ring (bicyclic) bond motifs is 1. The number of unbranched alkanes of at least 4 members (excludes halogenated alkanes) is 3. The molecule has 0 unspecified atom stereocenters. The highest BCUT2D eigenvalue weighted by Gasteiger charge is 2.09. The van der Waals surface area contributed by atoms with E-state index in [1.54, 1.807) is 0 Å². The molecule has 0 aliphatic heterocycles. The lowest BCUT2D eigenvalue weighted by molar-refractivity contribution is 0.664. The first-order valence-corrected chi connectivity index (χ1v) is 6.88. The molecule has 1 aromatic heterocycles. The third-order valence-electron chi connectivity index (χ3n) is 3.38. The SMILES string of the molecule is CCCCCCc1ccc2n[nH]nc2c1CCN. The molecule has 98 valence electrons. The molecule has 0 saturated carbocycles. The Labute approximate surface area is 108 Å². The highest BCUT2D eigenvalue weighted by Crippen LogP contribution is 2.21. The summed E-state index contributed by atoms with van der Waals surface area (Å²) in [6, 6.07) is 4.23. The number of nitrogens with zero attached hydrogens (tertiary/aromatic N) is 2. The molecule has 4 heteroatoms. The zero-order valence-corrected chi connectivity index (χ0v) is 11.1. The van der Waals surface area contributed by atoms with Crippen LogP contribution >= 0.6 is 0 Å². The van der Waals surface area contributed by atoms with Gasteiger partial charge in [0.25, 0.3) is 0 Å². The zero-order chi connectivity index (χ0) is 12.8. The van der Waals surface area contributed by atoms with Crippen LogP contribution in [-0.4, -0.2) is 22.0 Å². The van der Waals surface area contributed by atoms with Crippen molar-refractivity contribution in [3.05, 3.63) is 23.3 Å². The Morgan fingerprint density at radius 3 is 2.78 bits per heavy atom. The molecule has 2 aromatic rings. The minimum atomic E-state index is 0.661. The molecule has 0 fully saturated rings. The Kier molecular flexibility index (Phi) is 4.70. The number of hydrogen-bond donors (Lipinski definition) is 2. The first kappa shape index (κ1) is 13.0. The predicted molar refractivity (Wildman–Crippen MR) is 74.5 cm³/mol. The fourth-order valence-corrected chi connectivity index (χ4v) is 2.41. The molecule has 3 N–H and O–H groups in total. The van der Waals surface area contributed by atoms with Crippen molar-refractivity contribution in [2.75, 3.05) is 6.54 Å². The molecule has 2 rings (SSSR count). The van der Waals surface area contributed by atoms with Crippen molar-refractivity contribution in [3.8, 4) is 0 Å². The maximum atomic E-state index is 5.71. The molecule has 0 radical (unpaired) electrons. The van der Waals surface area contributed by atoms with E-state index in [0.29, 0.717) is 6.54 Å². The number of benzene rings is 1. The molecule has 1 aromatic carbocycles. The average molecular weight is 246 g/mol. The zero-order valence-electron chi connectivity index (χ0n) is 11.1.